The fourth-order valence-electron chi connectivity index (χ4n) is 3.77. The maximum absolute atomic E-state index is 13.0. The Balaban J connectivity index is 1.56. The summed E-state index contributed by atoms with van der Waals surface area (Å²) in [6, 6.07) is 9.78. The van der Waals surface area contributed by atoms with Gasteiger partial charge in [0.25, 0.3) is 5.56 Å². The number of hydrogen-bond donors (Lipinski definition) is 0. The molecule has 6 nitrogen and oxygen atoms in total. The molecule has 0 radical (unpaired) electrons. The molecule has 1 amide bonds. The Bertz CT molecular complexity index is 1050. The molecular formula is C21H23N3O3S. The highest BCUT2D eigenvalue weighted by Crippen LogP contribution is 2.33. The van der Waals surface area contributed by atoms with Crippen LogP contribution in [0.25, 0.3) is 10.2 Å². The number of carbonyl (C=O) groups excluding carboxylic acids is 1. The van der Waals surface area contributed by atoms with E-state index in [0.29, 0.717) is 11.9 Å². The van der Waals surface area contributed by atoms with E-state index < -0.39 is 0 Å². The monoisotopic (exact) mass is 397 g/mol. The molecule has 1 aromatic carbocycles. The zero-order chi connectivity index (χ0) is 19.7. The van der Waals surface area contributed by atoms with Crippen LogP contribution in [0.1, 0.15) is 36.2 Å². The number of hydrogen-bond acceptors (Lipinski definition) is 5. The first-order valence-electron chi connectivity index (χ1n) is 9.52. The van der Waals surface area contributed by atoms with Crippen molar-refractivity contribution in [2.75, 3.05) is 13.7 Å². The van der Waals surface area contributed by atoms with E-state index in [-0.39, 0.29) is 24.1 Å². The number of amides is 1. The number of aryl methyl sites for hydroxylation is 1. The van der Waals surface area contributed by atoms with E-state index in [1.54, 1.807) is 7.11 Å². The summed E-state index contributed by atoms with van der Waals surface area (Å²) in [6.07, 6.45) is 4.25. The van der Waals surface area contributed by atoms with Gasteiger partial charge in [-0.2, -0.15) is 0 Å². The van der Waals surface area contributed by atoms with Crippen molar-refractivity contribution < 1.29 is 9.53 Å². The first-order chi connectivity index (χ1) is 13.6. The third-order valence-electron chi connectivity index (χ3n) is 5.30. The average molecular weight is 398 g/mol. The van der Waals surface area contributed by atoms with Crippen LogP contribution in [-0.4, -0.2) is 34.0 Å². The van der Waals surface area contributed by atoms with Crippen LogP contribution in [0.5, 0.6) is 5.75 Å². The van der Waals surface area contributed by atoms with Gasteiger partial charge in [-0.15, -0.1) is 11.3 Å². The summed E-state index contributed by atoms with van der Waals surface area (Å²) in [5.74, 6) is 0.750. The smallest absolute Gasteiger partial charge is 0.262 e. The summed E-state index contributed by atoms with van der Waals surface area (Å²) in [6.45, 7) is 2.78. The second-order valence-corrected chi connectivity index (χ2v) is 8.10. The molecule has 146 valence electrons. The van der Waals surface area contributed by atoms with Crippen LogP contribution in [0.4, 0.5) is 0 Å². The lowest BCUT2D eigenvalue weighted by atomic mass is 10.0. The molecule has 1 aliphatic heterocycles. The predicted molar refractivity (Wildman–Crippen MR) is 110 cm³/mol. The molecule has 1 fully saturated rings. The summed E-state index contributed by atoms with van der Waals surface area (Å²) in [4.78, 5) is 33.9. The molecule has 2 aromatic heterocycles. The summed E-state index contributed by atoms with van der Waals surface area (Å²) >= 11 is 1.53. The van der Waals surface area contributed by atoms with Gasteiger partial charge >= 0.3 is 0 Å². The van der Waals surface area contributed by atoms with E-state index in [4.69, 9.17) is 4.74 Å². The molecule has 3 aromatic rings. The molecule has 0 N–H and O–H groups in total. The predicted octanol–water partition coefficient (Wildman–Crippen LogP) is 3.39. The average Bonchev–Trinajstić information content (AvgIpc) is 3.37. The van der Waals surface area contributed by atoms with E-state index in [0.717, 1.165) is 40.3 Å². The highest BCUT2D eigenvalue weighted by molar-refractivity contribution is 7.18. The summed E-state index contributed by atoms with van der Waals surface area (Å²) in [7, 11) is 1.64. The molecule has 1 aliphatic rings. The van der Waals surface area contributed by atoms with Gasteiger partial charge in [-0.05, 0) is 43.0 Å². The highest BCUT2D eigenvalue weighted by Gasteiger charge is 2.30. The molecule has 7 heteroatoms. The van der Waals surface area contributed by atoms with Crippen LogP contribution < -0.4 is 10.3 Å². The standard InChI is InChI=1S/C21H23N3O3S/c1-3-16-11-17-20(28-16)22-13-23(21(17)26)12-19(25)24-10-4-5-18(24)14-6-8-15(27-2)9-7-14/h6-9,11,13,18H,3-5,10,12H2,1-2H3. The molecule has 4 rings (SSSR count). The van der Waals surface area contributed by atoms with Crippen molar-refractivity contribution in [1.82, 2.24) is 14.5 Å². The Kier molecular flexibility index (Phi) is 5.17. The van der Waals surface area contributed by atoms with Crippen LogP contribution in [0.3, 0.4) is 0 Å². The number of fused-ring (bicyclic) bond motifs is 1. The Morgan fingerprint density at radius 1 is 1.32 bits per heavy atom. The highest BCUT2D eigenvalue weighted by atomic mass is 32.1. The van der Waals surface area contributed by atoms with Crippen LogP contribution in [-0.2, 0) is 17.8 Å². The molecule has 0 aliphatic carbocycles. The third-order valence-corrected chi connectivity index (χ3v) is 6.48. The van der Waals surface area contributed by atoms with E-state index in [1.165, 1.54) is 22.2 Å². The first-order valence-corrected chi connectivity index (χ1v) is 10.3. The number of rotatable bonds is 5. The number of aromatic nitrogens is 2. The second-order valence-electron chi connectivity index (χ2n) is 6.98. The van der Waals surface area contributed by atoms with Gasteiger partial charge in [-0.3, -0.25) is 14.2 Å². The topological polar surface area (TPSA) is 64.4 Å². The molecule has 3 heterocycles. The Labute approximate surface area is 167 Å². The molecular weight excluding hydrogens is 374 g/mol. The Hall–Kier alpha value is -2.67. The minimum atomic E-state index is -0.144. The fraction of sp³-hybridized carbons (Fsp3) is 0.381. The van der Waals surface area contributed by atoms with Crippen molar-refractivity contribution in [3.8, 4) is 5.75 Å². The Morgan fingerprint density at radius 2 is 2.11 bits per heavy atom. The summed E-state index contributed by atoms with van der Waals surface area (Å²) in [5, 5.41) is 0.602. The molecule has 1 saturated heterocycles. The van der Waals surface area contributed by atoms with Gasteiger partial charge in [-0.25, -0.2) is 4.98 Å². The van der Waals surface area contributed by atoms with Gasteiger partial charge in [0, 0.05) is 11.4 Å². The zero-order valence-corrected chi connectivity index (χ0v) is 16.9. The van der Waals surface area contributed by atoms with Gasteiger partial charge < -0.3 is 9.64 Å². The number of benzene rings is 1. The summed E-state index contributed by atoms with van der Waals surface area (Å²) < 4.78 is 6.65. The number of thiophene rings is 1. The number of nitrogens with zero attached hydrogens (tertiary/aromatic N) is 3. The number of likely N-dealkylation sites (tertiary alicyclic amines) is 1. The molecule has 0 saturated carbocycles. The minimum absolute atomic E-state index is 0.0196. The van der Waals surface area contributed by atoms with Gasteiger partial charge in [0.1, 0.15) is 17.1 Å². The maximum atomic E-state index is 13.0. The number of carbonyl (C=O) groups is 1. The molecule has 0 bridgehead atoms. The molecule has 1 atom stereocenters. The minimum Gasteiger partial charge on any atom is -0.497 e. The van der Waals surface area contributed by atoms with Gasteiger partial charge in [0.05, 0.1) is 24.9 Å². The van der Waals surface area contributed by atoms with Crippen molar-refractivity contribution in [1.29, 1.82) is 0 Å². The number of methoxy groups -OCH3 is 1. The van der Waals surface area contributed by atoms with E-state index in [1.807, 2.05) is 35.2 Å². The largest absolute Gasteiger partial charge is 0.497 e. The SMILES string of the molecule is CCc1cc2c(=O)n(CC(=O)N3CCCC3c3ccc(OC)cc3)cnc2s1. The van der Waals surface area contributed by atoms with Gasteiger partial charge in [0.2, 0.25) is 5.91 Å². The molecule has 28 heavy (non-hydrogen) atoms. The van der Waals surface area contributed by atoms with Crippen molar-refractivity contribution in [2.45, 2.75) is 38.8 Å². The Morgan fingerprint density at radius 3 is 2.82 bits per heavy atom. The fourth-order valence-corrected chi connectivity index (χ4v) is 4.70. The van der Waals surface area contributed by atoms with Crippen molar-refractivity contribution >= 4 is 27.5 Å². The molecule has 0 spiro atoms. The summed E-state index contributed by atoms with van der Waals surface area (Å²) in [5.41, 5.74) is 0.951. The van der Waals surface area contributed by atoms with Crippen LogP contribution in [0.2, 0.25) is 0 Å². The van der Waals surface area contributed by atoms with E-state index >= 15 is 0 Å². The number of ether oxygens (including phenoxy) is 1. The van der Waals surface area contributed by atoms with Crippen molar-refractivity contribution in [3.05, 3.63) is 57.5 Å². The normalized spacial score (nSPS) is 16.6. The van der Waals surface area contributed by atoms with Crippen molar-refractivity contribution in [2.24, 2.45) is 0 Å². The first kappa shape index (κ1) is 18.7. The lowest BCUT2D eigenvalue weighted by Gasteiger charge is -2.25. The quantitative estimate of drug-likeness (QED) is 0.662. The van der Waals surface area contributed by atoms with Crippen molar-refractivity contribution in [3.63, 3.8) is 0 Å². The van der Waals surface area contributed by atoms with Gasteiger partial charge in [0.15, 0.2) is 0 Å². The van der Waals surface area contributed by atoms with E-state index in [9.17, 15) is 9.59 Å². The third kappa shape index (κ3) is 3.42. The lowest BCUT2D eigenvalue weighted by molar-refractivity contribution is -0.132. The van der Waals surface area contributed by atoms with Crippen LogP contribution in [0, 0.1) is 0 Å². The lowest BCUT2D eigenvalue weighted by Crippen LogP contribution is -2.36. The maximum Gasteiger partial charge on any atom is 0.262 e. The second kappa shape index (κ2) is 7.75. The van der Waals surface area contributed by atoms with Crippen LogP contribution in [0.15, 0.2) is 41.5 Å². The van der Waals surface area contributed by atoms with Crippen LogP contribution >= 0.6 is 11.3 Å². The van der Waals surface area contributed by atoms with Gasteiger partial charge in [-0.1, -0.05) is 19.1 Å². The zero-order valence-electron chi connectivity index (χ0n) is 16.1. The van der Waals surface area contributed by atoms with E-state index in [2.05, 4.69) is 11.9 Å². The molecule has 1 unspecified atom stereocenters.